The van der Waals surface area contributed by atoms with Gasteiger partial charge in [-0.3, -0.25) is 14.5 Å². The number of nitrogens with zero attached hydrogens (tertiary/aromatic N) is 1. The largest absolute Gasteiger partial charge is 0.481 e. The van der Waals surface area contributed by atoms with E-state index in [1.54, 1.807) is 6.92 Å². The molecule has 0 spiro atoms. The van der Waals surface area contributed by atoms with Crippen molar-refractivity contribution in [2.45, 2.75) is 39.7 Å². The molecule has 2 atom stereocenters. The Bertz CT molecular complexity index is 301. The molecule has 0 bridgehead atoms. The highest BCUT2D eigenvalue weighted by molar-refractivity contribution is 5.78. The molecule has 5 heteroatoms. The molecule has 0 aromatic rings. The highest BCUT2D eigenvalue weighted by Gasteiger charge is 2.35. The van der Waals surface area contributed by atoms with Crippen LogP contribution in [0.15, 0.2) is 0 Å². The van der Waals surface area contributed by atoms with Crippen LogP contribution in [-0.2, 0) is 9.59 Å². The van der Waals surface area contributed by atoms with Crippen LogP contribution in [0.25, 0.3) is 0 Å². The molecule has 1 heterocycles. The van der Waals surface area contributed by atoms with Crippen molar-refractivity contribution < 1.29 is 14.7 Å². The summed E-state index contributed by atoms with van der Waals surface area (Å²) < 4.78 is 0. The minimum absolute atomic E-state index is 0.0392. The van der Waals surface area contributed by atoms with Crippen LogP contribution in [0.2, 0.25) is 0 Å². The zero-order valence-electron chi connectivity index (χ0n) is 11.5. The predicted molar refractivity (Wildman–Crippen MR) is 69.2 cm³/mol. The van der Waals surface area contributed by atoms with Crippen LogP contribution in [0.4, 0.5) is 0 Å². The minimum Gasteiger partial charge on any atom is -0.481 e. The smallest absolute Gasteiger partial charge is 0.306 e. The molecule has 18 heavy (non-hydrogen) atoms. The number of carbonyl (C=O) groups excluding carboxylic acids is 1. The van der Waals surface area contributed by atoms with Gasteiger partial charge in [-0.05, 0) is 19.3 Å². The Kier molecular flexibility index (Phi) is 5.59. The topological polar surface area (TPSA) is 69.6 Å². The van der Waals surface area contributed by atoms with E-state index in [0.717, 1.165) is 12.8 Å². The van der Waals surface area contributed by atoms with Gasteiger partial charge in [-0.15, -0.1) is 0 Å². The first-order valence-corrected chi connectivity index (χ1v) is 6.68. The molecule has 0 radical (unpaired) electrons. The maximum atomic E-state index is 11.7. The standard InChI is InChI=1S/C13H24N2O3/c1-4-5-9(2)14-12(16)8-15-6-11(7-15)10(3)13(17)18/h9-11H,4-8H2,1-3H3,(H,14,16)(H,17,18). The van der Waals surface area contributed by atoms with E-state index >= 15 is 0 Å². The summed E-state index contributed by atoms with van der Waals surface area (Å²) in [5.41, 5.74) is 0. The van der Waals surface area contributed by atoms with E-state index in [9.17, 15) is 9.59 Å². The normalized spacial score (nSPS) is 19.9. The third kappa shape index (κ3) is 4.29. The molecule has 0 aromatic carbocycles. The molecule has 2 N–H and O–H groups in total. The Hall–Kier alpha value is -1.10. The van der Waals surface area contributed by atoms with Crippen LogP contribution >= 0.6 is 0 Å². The number of likely N-dealkylation sites (tertiary alicyclic amines) is 1. The highest BCUT2D eigenvalue weighted by atomic mass is 16.4. The minimum atomic E-state index is -0.749. The Morgan fingerprint density at radius 3 is 2.50 bits per heavy atom. The maximum Gasteiger partial charge on any atom is 0.306 e. The van der Waals surface area contributed by atoms with E-state index in [-0.39, 0.29) is 23.8 Å². The van der Waals surface area contributed by atoms with Crippen molar-refractivity contribution in [1.29, 1.82) is 0 Å². The number of amides is 1. The fourth-order valence-electron chi connectivity index (χ4n) is 2.29. The Morgan fingerprint density at radius 2 is 2.00 bits per heavy atom. The Balaban J connectivity index is 2.19. The molecule has 0 aromatic heterocycles. The van der Waals surface area contributed by atoms with Crippen LogP contribution < -0.4 is 5.32 Å². The van der Waals surface area contributed by atoms with Crippen molar-refractivity contribution >= 4 is 11.9 Å². The molecule has 1 amide bonds. The van der Waals surface area contributed by atoms with E-state index in [4.69, 9.17) is 5.11 Å². The summed E-state index contributed by atoms with van der Waals surface area (Å²) in [5.74, 6) is -0.843. The molecule has 0 aliphatic carbocycles. The van der Waals surface area contributed by atoms with Crippen molar-refractivity contribution in [3.05, 3.63) is 0 Å². The van der Waals surface area contributed by atoms with Crippen LogP contribution in [0, 0.1) is 11.8 Å². The molecule has 1 fully saturated rings. The molecule has 104 valence electrons. The van der Waals surface area contributed by atoms with Gasteiger partial charge in [0.2, 0.25) is 5.91 Å². The van der Waals surface area contributed by atoms with Crippen LogP contribution in [-0.4, -0.2) is 47.6 Å². The number of carboxylic acids is 1. The summed E-state index contributed by atoms with van der Waals surface area (Å²) in [5, 5.41) is 11.8. The zero-order valence-corrected chi connectivity index (χ0v) is 11.5. The van der Waals surface area contributed by atoms with E-state index in [1.165, 1.54) is 0 Å². The molecular weight excluding hydrogens is 232 g/mol. The average Bonchev–Trinajstić information content (AvgIpc) is 2.21. The Labute approximate surface area is 109 Å². The van der Waals surface area contributed by atoms with Gasteiger partial charge in [-0.25, -0.2) is 0 Å². The first kappa shape index (κ1) is 15.0. The van der Waals surface area contributed by atoms with Gasteiger partial charge in [-0.1, -0.05) is 20.3 Å². The van der Waals surface area contributed by atoms with Crippen molar-refractivity contribution in [2.75, 3.05) is 19.6 Å². The van der Waals surface area contributed by atoms with Crippen LogP contribution in [0.3, 0.4) is 0 Å². The monoisotopic (exact) mass is 256 g/mol. The SMILES string of the molecule is CCCC(C)NC(=O)CN1CC(C(C)C(=O)O)C1. The van der Waals surface area contributed by atoms with Crippen LogP contribution in [0.5, 0.6) is 0 Å². The number of nitrogens with one attached hydrogen (secondary N) is 1. The summed E-state index contributed by atoms with van der Waals surface area (Å²) in [4.78, 5) is 24.5. The first-order chi connectivity index (χ1) is 8.43. The van der Waals surface area contributed by atoms with Gasteiger partial charge in [-0.2, -0.15) is 0 Å². The molecule has 0 saturated carbocycles. The number of aliphatic carboxylic acids is 1. The van der Waals surface area contributed by atoms with Gasteiger partial charge in [0.1, 0.15) is 0 Å². The fraction of sp³-hybridized carbons (Fsp3) is 0.846. The number of hydrogen-bond acceptors (Lipinski definition) is 3. The van der Waals surface area contributed by atoms with Crippen molar-refractivity contribution in [2.24, 2.45) is 11.8 Å². The molecule has 2 unspecified atom stereocenters. The predicted octanol–water partition coefficient (Wildman–Crippen LogP) is 0.944. The molecular formula is C13H24N2O3. The maximum absolute atomic E-state index is 11.7. The van der Waals surface area contributed by atoms with E-state index in [0.29, 0.717) is 19.6 Å². The van der Waals surface area contributed by atoms with Crippen LogP contribution in [0.1, 0.15) is 33.6 Å². The lowest BCUT2D eigenvalue weighted by Gasteiger charge is -2.40. The Morgan fingerprint density at radius 1 is 1.39 bits per heavy atom. The van der Waals surface area contributed by atoms with E-state index in [2.05, 4.69) is 12.2 Å². The molecule has 1 rings (SSSR count). The fourth-order valence-corrected chi connectivity index (χ4v) is 2.29. The lowest BCUT2D eigenvalue weighted by Crippen LogP contribution is -2.54. The number of rotatable bonds is 7. The molecule has 1 aliphatic rings. The third-order valence-corrected chi connectivity index (χ3v) is 3.58. The van der Waals surface area contributed by atoms with Crippen molar-refractivity contribution in [1.82, 2.24) is 10.2 Å². The van der Waals surface area contributed by atoms with Gasteiger partial charge < -0.3 is 10.4 Å². The summed E-state index contributed by atoms with van der Waals surface area (Å²) in [6.45, 7) is 7.64. The third-order valence-electron chi connectivity index (χ3n) is 3.58. The first-order valence-electron chi connectivity index (χ1n) is 6.68. The number of hydrogen-bond donors (Lipinski definition) is 2. The van der Waals surface area contributed by atoms with Crippen molar-refractivity contribution in [3.8, 4) is 0 Å². The number of carboxylic acid groups (broad SMARTS) is 1. The quantitative estimate of drug-likeness (QED) is 0.711. The van der Waals surface area contributed by atoms with Crippen molar-refractivity contribution in [3.63, 3.8) is 0 Å². The summed E-state index contributed by atoms with van der Waals surface area (Å²) in [7, 11) is 0. The highest BCUT2D eigenvalue weighted by Crippen LogP contribution is 2.23. The van der Waals surface area contributed by atoms with E-state index in [1.807, 2.05) is 11.8 Å². The lowest BCUT2D eigenvalue weighted by atomic mass is 9.87. The average molecular weight is 256 g/mol. The second-order valence-electron chi connectivity index (χ2n) is 5.34. The van der Waals surface area contributed by atoms with E-state index < -0.39 is 5.97 Å². The summed E-state index contributed by atoms with van der Waals surface area (Å²) in [6, 6.07) is 0.220. The van der Waals surface area contributed by atoms with Gasteiger partial charge in [0.25, 0.3) is 0 Å². The zero-order chi connectivity index (χ0) is 13.7. The van der Waals surface area contributed by atoms with Gasteiger partial charge >= 0.3 is 5.97 Å². The second-order valence-corrected chi connectivity index (χ2v) is 5.34. The molecule has 1 saturated heterocycles. The molecule has 5 nitrogen and oxygen atoms in total. The van der Waals surface area contributed by atoms with Gasteiger partial charge in [0.15, 0.2) is 0 Å². The van der Waals surface area contributed by atoms with Gasteiger partial charge in [0, 0.05) is 19.1 Å². The molecule has 1 aliphatic heterocycles. The number of carbonyl (C=O) groups is 2. The second kappa shape index (κ2) is 6.73. The summed E-state index contributed by atoms with van der Waals surface area (Å²) in [6.07, 6.45) is 2.05. The lowest BCUT2D eigenvalue weighted by molar-refractivity contribution is -0.145. The van der Waals surface area contributed by atoms with Gasteiger partial charge in [0.05, 0.1) is 12.5 Å². The summed E-state index contributed by atoms with van der Waals surface area (Å²) >= 11 is 0.